The molecule has 1 heteroatoms. The Hall–Kier alpha value is -1.08. The summed E-state index contributed by atoms with van der Waals surface area (Å²) in [6.45, 7) is 2.08. The predicted molar refractivity (Wildman–Crippen MR) is 49.9 cm³/mol. The Bertz CT molecular complexity index is 326. The van der Waals surface area contributed by atoms with Gasteiger partial charge >= 0.3 is 0 Å². The van der Waals surface area contributed by atoms with Gasteiger partial charge in [-0.15, -0.1) is 0 Å². The first kappa shape index (κ1) is 7.56. The first-order valence-electron chi connectivity index (χ1n) is 4.21. The average Bonchev–Trinajstić information content (AvgIpc) is 2.05. The molecule has 1 aliphatic carbocycles. The largest absolute Gasteiger partial charge is 0.389 e. The molecule has 1 atom stereocenters. The van der Waals surface area contributed by atoms with Crippen LogP contribution < -0.4 is 0 Å². The van der Waals surface area contributed by atoms with Crippen LogP contribution >= 0.6 is 0 Å². The molecule has 0 spiro atoms. The maximum absolute atomic E-state index is 9.34. The molecule has 0 amide bonds. The highest BCUT2D eigenvalue weighted by Gasteiger charge is 2.09. The monoisotopic (exact) mass is 160 g/mol. The van der Waals surface area contributed by atoms with Gasteiger partial charge in [0.15, 0.2) is 0 Å². The third-order valence-corrected chi connectivity index (χ3v) is 2.23. The lowest BCUT2D eigenvalue weighted by Gasteiger charge is -2.14. The zero-order valence-corrected chi connectivity index (χ0v) is 7.12. The second-order valence-electron chi connectivity index (χ2n) is 3.33. The van der Waals surface area contributed by atoms with E-state index in [9.17, 15) is 5.11 Å². The van der Waals surface area contributed by atoms with E-state index in [1.54, 1.807) is 0 Å². The van der Waals surface area contributed by atoms with Gasteiger partial charge in [0.05, 0.1) is 6.10 Å². The number of aliphatic hydroxyl groups excluding tert-OH is 1. The summed E-state index contributed by atoms with van der Waals surface area (Å²) in [5.41, 5.74) is 3.77. The molecule has 0 aromatic heterocycles. The van der Waals surface area contributed by atoms with Crippen molar-refractivity contribution in [2.75, 3.05) is 0 Å². The van der Waals surface area contributed by atoms with E-state index in [0.29, 0.717) is 0 Å². The zero-order valence-electron chi connectivity index (χ0n) is 7.12. The third-order valence-electron chi connectivity index (χ3n) is 2.23. The molecule has 1 aromatic carbocycles. The first-order chi connectivity index (χ1) is 5.75. The number of aliphatic hydroxyl groups is 1. The molecule has 1 aromatic rings. The third kappa shape index (κ3) is 1.28. The van der Waals surface area contributed by atoms with E-state index in [2.05, 4.69) is 25.1 Å². The van der Waals surface area contributed by atoms with Crippen LogP contribution in [-0.4, -0.2) is 11.2 Å². The van der Waals surface area contributed by atoms with Crippen LogP contribution in [0.3, 0.4) is 0 Å². The fraction of sp³-hybridized carbons (Fsp3) is 0.273. The van der Waals surface area contributed by atoms with Crippen molar-refractivity contribution in [1.29, 1.82) is 0 Å². The summed E-state index contributed by atoms with van der Waals surface area (Å²) in [4.78, 5) is 0. The molecule has 0 bridgehead atoms. The van der Waals surface area contributed by atoms with Gasteiger partial charge in [-0.05, 0) is 18.1 Å². The van der Waals surface area contributed by atoms with Gasteiger partial charge in [0, 0.05) is 6.42 Å². The molecule has 0 radical (unpaired) electrons. The van der Waals surface area contributed by atoms with E-state index in [1.165, 1.54) is 16.7 Å². The highest BCUT2D eigenvalue weighted by atomic mass is 16.3. The molecule has 1 nitrogen and oxygen atoms in total. The molecule has 1 aliphatic rings. The summed E-state index contributed by atoms with van der Waals surface area (Å²) in [5, 5.41) is 9.34. The molecule has 0 saturated carbocycles. The van der Waals surface area contributed by atoms with Crippen LogP contribution in [0.1, 0.15) is 16.7 Å². The number of aryl methyl sites for hydroxylation is 1. The Morgan fingerprint density at radius 1 is 1.42 bits per heavy atom. The van der Waals surface area contributed by atoms with Crippen LogP contribution in [0.25, 0.3) is 6.08 Å². The van der Waals surface area contributed by atoms with Crippen LogP contribution in [0.5, 0.6) is 0 Å². The molecule has 2 rings (SSSR count). The van der Waals surface area contributed by atoms with Crippen molar-refractivity contribution in [3.63, 3.8) is 0 Å². The van der Waals surface area contributed by atoms with Crippen LogP contribution in [0.4, 0.5) is 0 Å². The molecular weight excluding hydrogens is 148 g/mol. The van der Waals surface area contributed by atoms with Gasteiger partial charge in [-0.2, -0.15) is 0 Å². The number of hydrogen-bond donors (Lipinski definition) is 1. The van der Waals surface area contributed by atoms with Gasteiger partial charge in [0.2, 0.25) is 0 Å². The SMILES string of the molecule is Cc1ccc2c(c1)C=CC(O)C2. The Kier molecular flexibility index (Phi) is 1.74. The van der Waals surface area contributed by atoms with Crippen molar-refractivity contribution < 1.29 is 5.11 Å². The van der Waals surface area contributed by atoms with E-state index in [-0.39, 0.29) is 6.10 Å². The fourth-order valence-corrected chi connectivity index (χ4v) is 1.56. The topological polar surface area (TPSA) is 20.2 Å². The highest BCUT2D eigenvalue weighted by Crippen LogP contribution is 2.20. The van der Waals surface area contributed by atoms with Crippen molar-refractivity contribution in [1.82, 2.24) is 0 Å². The number of fused-ring (bicyclic) bond motifs is 1. The lowest BCUT2D eigenvalue weighted by Crippen LogP contribution is -2.11. The van der Waals surface area contributed by atoms with Gasteiger partial charge in [0.25, 0.3) is 0 Å². The van der Waals surface area contributed by atoms with Crippen molar-refractivity contribution in [2.24, 2.45) is 0 Å². The lowest BCUT2D eigenvalue weighted by atomic mass is 9.94. The standard InChI is InChI=1S/C11H12O/c1-8-2-3-10-7-11(12)5-4-9(10)6-8/h2-6,11-12H,7H2,1H3. The summed E-state index contributed by atoms with van der Waals surface area (Å²) >= 11 is 0. The maximum atomic E-state index is 9.34. The highest BCUT2D eigenvalue weighted by molar-refractivity contribution is 5.58. The van der Waals surface area contributed by atoms with E-state index < -0.39 is 0 Å². The minimum absolute atomic E-state index is 0.291. The van der Waals surface area contributed by atoms with Gasteiger partial charge in [-0.25, -0.2) is 0 Å². The van der Waals surface area contributed by atoms with Crippen LogP contribution in [-0.2, 0) is 6.42 Å². The van der Waals surface area contributed by atoms with E-state index >= 15 is 0 Å². The van der Waals surface area contributed by atoms with Crippen molar-refractivity contribution >= 4 is 6.08 Å². The smallest absolute Gasteiger partial charge is 0.0764 e. The number of rotatable bonds is 0. The molecule has 62 valence electrons. The summed E-state index contributed by atoms with van der Waals surface area (Å²) < 4.78 is 0. The zero-order chi connectivity index (χ0) is 8.55. The minimum Gasteiger partial charge on any atom is -0.389 e. The molecule has 0 heterocycles. The Morgan fingerprint density at radius 3 is 3.08 bits per heavy atom. The summed E-state index contributed by atoms with van der Waals surface area (Å²) in [6, 6.07) is 6.33. The van der Waals surface area contributed by atoms with Crippen LogP contribution in [0, 0.1) is 6.92 Å². The van der Waals surface area contributed by atoms with Gasteiger partial charge in [-0.3, -0.25) is 0 Å². The van der Waals surface area contributed by atoms with Crippen molar-refractivity contribution in [3.8, 4) is 0 Å². The lowest BCUT2D eigenvalue weighted by molar-refractivity contribution is 0.223. The van der Waals surface area contributed by atoms with Crippen LogP contribution in [0.15, 0.2) is 24.3 Å². The number of hydrogen-bond acceptors (Lipinski definition) is 1. The molecule has 1 unspecified atom stereocenters. The second kappa shape index (κ2) is 2.76. The summed E-state index contributed by atoms with van der Waals surface area (Å²) in [6.07, 6.45) is 4.31. The van der Waals surface area contributed by atoms with E-state index in [4.69, 9.17) is 0 Å². The van der Waals surface area contributed by atoms with Crippen molar-refractivity contribution in [2.45, 2.75) is 19.4 Å². The minimum atomic E-state index is -0.291. The molecule has 0 aliphatic heterocycles. The van der Waals surface area contributed by atoms with E-state index in [1.807, 2.05) is 12.2 Å². The molecule has 0 saturated heterocycles. The molecule has 12 heavy (non-hydrogen) atoms. The number of benzene rings is 1. The van der Waals surface area contributed by atoms with Gasteiger partial charge in [0.1, 0.15) is 0 Å². The Balaban J connectivity index is 2.47. The van der Waals surface area contributed by atoms with Crippen molar-refractivity contribution in [3.05, 3.63) is 41.0 Å². The Morgan fingerprint density at radius 2 is 2.25 bits per heavy atom. The summed E-state index contributed by atoms with van der Waals surface area (Å²) in [7, 11) is 0. The molecule has 0 fully saturated rings. The summed E-state index contributed by atoms with van der Waals surface area (Å²) in [5.74, 6) is 0. The second-order valence-corrected chi connectivity index (χ2v) is 3.33. The quantitative estimate of drug-likeness (QED) is 0.614. The Labute approximate surface area is 72.4 Å². The fourth-order valence-electron chi connectivity index (χ4n) is 1.56. The predicted octanol–water partition coefficient (Wildman–Crippen LogP) is 1.93. The molecular formula is C11H12O. The normalized spacial score (nSPS) is 20.7. The van der Waals surface area contributed by atoms with Crippen LogP contribution in [0.2, 0.25) is 0 Å². The average molecular weight is 160 g/mol. The maximum Gasteiger partial charge on any atom is 0.0764 e. The van der Waals surface area contributed by atoms with Gasteiger partial charge < -0.3 is 5.11 Å². The first-order valence-corrected chi connectivity index (χ1v) is 4.21. The molecule has 1 N–H and O–H groups in total. The van der Waals surface area contributed by atoms with Gasteiger partial charge in [-0.1, -0.05) is 35.9 Å². The van der Waals surface area contributed by atoms with E-state index in [0.717, 1.165) is 6.42 Å².